The van der Waals surface area contributed by atoms with Gasteiger partial charge in [0, 0.05) is 10.9 Å². The van der Waals surface area contributed by atoms with E-state index in [1.54, 1.807) is 42.5 Å². The molecule has 0 aliphatic carbocycles. The highest BCUT2D eigenvalue weighted by atomic mass is 32.2. The number of alkyl halides is 3. The first-order valence-electron chi connectivity index (χ1n) is 6.33. The molecule has 0 radical (unpaired) electrons. The van der Waals surface area contributed by atoms with Gasteiger partial charge in [-0.3, -0.25) is 0 Å². The van der Waals surface area contributed by atoms with Crippen molar-refractivity contribution in [1.29, 1.82) is 0 Å². The van der Waals surface area contributed by atoms with E-state index < -0.39 is 11.1 Å². The summed E-state index contributed by atoms with van der Waals surface area (Å²) in [5.41, 5.74) is -4.70. The minimum atomic E-state index is -4.48. The van der Waals surface area contributed by atoms with Crippen LogP contribution in [0.3, 0.4) is 0 Å². The highest BCUT2D eigenvalue weighted by Crippen LogP contribution is 2.44. The van der Waals surface area contributed by atoms with Crippen molar-refractivity contribution < 1.29 is 17.6 Å². The molecule has 0 amide bonds. The van der Waals surface area contributed by atoms with Gasteiger partial charge in [-0.2, -0.15) is 13.2 Å². The normalized spacial score (nSPS) is 11.8. The summed E-state index contributed by atoms with van der Waals surface area (Å²) in [6.07, 6.45) is 0. The molecule has 0 fully saturated rings. The molecule has 2 aromatic carbocycles. The van der Waals surface area contributed by atoms with Crippen molar-refractivity contribution in [3.05, 3.63) is 65.0 Å². The van der Waals surface area contributed by atoms with E-state index >= 15 is 0 Å². The zero-order valence-corrected chi connectivity index (χ0v) is 11.9. The molecule has 0 N–H and O–H groups in total. The van der Waals surface area contributed by atoms with Gasteiger partial charge in [-0.1, -0.05) is 48.5 Å². The molecule has 0 saturated heterocycles. The van der Waals surface area contributed by atoms with Gasteiger partial charge in [-0.15, -0.1) is 0 Å². The molecule has 1 aromatic heterocycles. The lowest BCUT2D eigenvalue weighted by Gasteiger charge is -2.12. The van der Waals surface area contributed by atoms with Crippen molar-refractivity contribution in [2.75, 3.05) is 0 Å². The topological polar surface area (TPSA) is 30.2 Å². The van der Waals surface area contributed by atoms with Gasteiger partial charge in [-0.05, 0) is 17.8 Å². The van der Waals surface area contributed by atoms with Crippen LogP contribution in [-0.4, -0.2) is 5.51 Å². The molecule has 112 valence electrons. The smallest absolute Gasteiger partial charge is 0.421 e. The summed E-state index contributed by atoms with van der Waals surface area (Å²) < 4.78 is 43.9. The zero-order valence-electron chi connectivity index (χ0n) is 11.1. The summed E-state index contributed by atoms with van der Waals surface area (Å²) in [6.45, 7) is 0. The van der Waals surface area contributed by atoms with Crippen LogP contribution in [0.2, 0.25) is 0 Å². The largest absolute Gasteiger partial charge is 0.446 e. The predicted octanol–water partition coefficient (Wildman–Crippen LogP) is 5.07. The Hall–Kier alpha value is -2.21. The number of benzene rings is 2. The highest BCUT2D eigenvalue weighted by Gasteiger charge is 2.33. The molecule has 0 aliphatic heterocycles. The van der Waals surface area contributed by atoms with Crippen molar-refractivity contribution in [2.45, 2.75) is 10.4 Å². The van der Waals surface area contributed by atoms with Crippen LogP contribution in [0.15, 0.2) is 68.7 Å². The molecular weight excluding hydrogens is 313 g/mol. The molecule has 0 spiro atoms. The van der Waals surface area contributed by atoms with Crippen LogP contribution >= 0.6 is 11.8 Å². The molecule has 0 aliphatic rings. The van der Waals surface area contributed by atoms with Gasteiger partial charge >= 0.3 is 11.1 Å². The van der Waals surface area contributed by atoms with E-state index in [2.05, 4.69) is 0 Å². The molecule has 3 aromatic rings. The molecule has 3 rings (SSSR count). The Morgan fingerprint density at radius 3 is 2.09 bits per heavy atom. The van der Waals surface area contributed by atoms with Gasteiger partial charge in [0.25, 0.3) is 0 Å². The number of halogens is 3. The van der Waals surface area contributed by atoms with E-state index in [0.29, 0.717) is 5.56 Å². The van der Waals surface area contributed by atoms with E-state index in [0.717, 1.165) is 0 Å². The summed E-state index contributed by atoms with van der Waals surface area (Å²) in [7, 11) is 0. The monoisotopic (exact) mass is 322 g/mol. The van der Waals surface area contributed by atoms with Crippen molar-refractivity contribution >= 4 is 22.5 Å². The molecule has 2 nitrogen and oxygen atoms in total. The number of hydrogen-bond acceptors (Lipinski definition) is 3. The lowest BCUT2D eigenvalue weighted by Crippen LogP contribution is -2.06. The Kier molecular flexibility index (Phi) is 3.70. The van der Waals surface area contributed by atoms with Crippen LogP contribution < -0.4 is 5.63 Å². The Balaban J connectivity index is 2.36. The van der Waals surface area contributed by atoms with Crippen molar-refractivity contribution in [1.82, 2.24) is 0 Å². The van der Waals surface area contributed by atoms with Gasteiger partial charge in [0.15, 0.2) is 5.76 Å². The maximum Gasteiger partial charge on any atom is 0.446 e. The molecule has 1 heterocycles. The summed E-state index contributed by atoms with van der Waals surface area (Å²) in [5.74, 6) is -0.0633. The molecule has 6 heteroatoms. The zero-order chi connectivity index (χ0) is 15.7. The van der Waals surface area contributed by atoms with Crippen LogP contribution in [-0.2, 0) is 0 Å². The quantitative estimate of drug-likeness (QED) is 0.617. The van der Waals surface area contributed by atoms with Crippen LogP contribution in [0.25, 0.3) is 22.1 Å². The van der Waals surface area contributed by atoms with Crippen LogP contribution in [0.5, 0.6) is 0 Å². The van der Waals surface area contributed by atoms with E-state index in [4.69, 9.17) is 4.42 Å². The van der Waals surface area contributed by atoms with Crippen molar-refractivity contribution in [3.8, 4) is 11.3 Å². The lowest BCUT2D eigenvalue weighted by atomic mass is 10.1. The third-order valence-corrected chi connectivity index (χ3v) is 3.89. The molecule has 0 bridgehead atoms. The fourth-order valence-electron chi connectivity index (χ4n) is 2.17. The standard InChI is InChI=1S/C16H9F3O2S/c17-16(18,19)22-14-11-8-4-5-9-12(11)15(20)21-13(14)10-6-2-1-3-7-10/h1-9H. The van der Waals surface area contributed by atoms with Crippen molar-refractivity contribution in [3.63, 3.8) is 0 Å². The second-order valence-corrected chi connectivity index (χ2v) is 5.58. The third kappa shape index (κ3) is 2.87. The minimum absolute atomic E-state index is 0.0633. The molecule has 0 unspecified atom stereocenters. The molecular formula is C16H9F3O2S. The SMILES string of the molecule is O=c1oc(-c2ccccc2)c(SC(F)(F)F)c2ccccc12. The minimum Gasteiger partial charge on any atom is -0.421 e. The first-order chi connectivity index (χ1) is 10.5. The van der Waals surface area contributed by atoms with Gasteiger partial charge in [-0.25, -0.2) is 4.79 Å². The lowest BCUT2D eigenvalue weighted by molar-refractivity contribution is -0.0328. The highest BCUT2D eigenvalue weighted by molar-refractivity contribution is 8.00. The average Bonchev–Trinajstić information content (AvgIpc) is 2.50. The average molecular weight is 322 g/mol. The Morgan fingerprint density at radius 2 is 1.45 bits per heavy atom. The fourth-order valence-corrected chi connectivity index (χ4v) is 2.94. The van der Waals surface area contributed by atoms with E-state index in [1.165, 1.54) is 12.1 Å². The first kappa shape index (κ1) is 14.7. The van der Waals surface area contributed by atoms with Gasteiger partial charge in [0.05, 0.1) is 10.3 Å². The second kappa shape index (κ2) is 5.53. The Bertz CT molecular complexity index is 870. The van der Waals surface area contributed by atoms with E-state index in [-0.39, 0.29) is 33.2 Å². The number of fused-ring (bicyclic) bond motifs is 1. The summed E-state index contributed by atoms with van der Waals surface area (Å²) in [4.78, 5) is 11.9. The molecule has 0 saturated carbocycles. The summed E-state index contributed by atoms with van der Waals surface area (Å²) in [6, 6.07) is 14.4. The summed E-state index contributed by atoms with van der Waals surface area (Å²) >= 11 is -0.272. The van der Waals surface area contributed by atoms with Gasteiger partial charge < -0.3 is 4.42 Å². The van der Waals surface area contributed by atoms with Crippen LogP contribution in [0, 0.1) is 0 Å². The summed E-state index contributed by atoms with van der Waals surface area (Å²) in [5, 5.41) is 0.369. The number of rotatable bonds is 2. The van der Waals surface area contributed by atoms with Gasteiger partial charge in [0.2, 0.25) is 0 Å². The Labute approximate surface area is 127 Å². The van der Waals surface area contributed by atoms with Crippen molar-refractivity contribution in [2.24, 2.45) is 0 Å². The van der Waals surface area contributed by atoms with E-state index in [1.807, 2.05) is 0 Å². The third-order valence-electron chi connectivity index (χ3n) is 3.05. The fraction of sp³-hybridized carbons (Fsp3) is 0.0625. The predicted molar refractivity (Wildman–Crippen MR) is 79.8 cm³/mol. The number of thioether (sulfide) groups is 1. The number of hydrogen-bond donors (Lipinski definition) is 0. The molecule has 0 atom stereocenters. The molecule has 22 heavy (non-hydrogen) atoms. The van der Waals surface area contributed by atoms with E-state index in [9.17, 15) is 18.0 Å². The maximum absolute atomic E-state index is 12.9. The second-order valence-electron chi connectivity index (χ2n) is 4.51. The van der Waals surface area contributed by atoms with Crippen LogP contribution in [0.1, 0.15) is 0 Å². The van der Waals surface area contributed by atoms with Crippen LogP contribution in [0.4, 0.5) is 13.2 Å². The maximum atomic E-state index is 12.9. The van der Waals surface area contributed by atoms with Gasteiger partial charge in [0.1, 0.15) is 0 Å². The first-order valence-corrected chi connectivity index (χ1v) is 7.14. The Morgan fingerprint density at radius 1 is 0.864 bits per heavy atom.